The van der Waals surface area contributed by atoms with Crippen LogP contribution in [0.5, 0.6) is 0 Å². The Morgan fingerprint density at radius 3 is 2.86 bits per heavy atom. The maximum absolute atomic E-state index is 11.7. The van der Waals surface area contributed by atoms with Crippen molar-refractivity contribution in [2.24, 2.45) is 7.05 Å². The fraction of sp³-hybridized carbons (Fsp3) is 0.417. The normalized spacial score (nSPS) is 10.4. The van der Waals surface area contributed by atoms with Crippen molar-refractivity contribution in [3.8, 4) is 0 Å². The van der Waals surface area contributed by atoms with E-state index in [1.165, 1.54) is 16.0 Å². The SMILES string of the molecule is CCCc1nnc(NC(=O)CNC(=O)c2ccn(C)n2)s1. The first kappa shape index (κ1) is 15.1. The number of rotatable bonds is 6. The molecule has 8 nitrogen and oxygen atoms in total. The molecule has 0 fully saturated rings. The van der Waals surface area contributed by atoms with Gasteiger partial charge in [-0.15, -0.1) is 10.2 Å². The van der Waals surface area contributed by atoms with Crippen LogP contribution in [0.15, 0.2) is 12.3 Å². The average Bonchev–Trinajstić information content (AvgIpc) is 3.06. The summed E-state index contributed by atoms with van der Waals surface area (Å²) in [4.78, 5) is 23.4. The molecule has 21 heavy (non-hydrogen) atoms. The molecule has 0 unspecified atom stereocenters. The van der Waals surface area contributed by atoms with Gasteiger partial charge in [-0.2, -0.15) is 5.10 Å². The number of amides is 2. The predicted octanol–water partition coefficient (Wildman–Crippen LogP) is 0.593. The molecule has 0 spiro atoms. The maximum atomic E-state index is 11.7. The highest BCUT2D eigenvalue weighted by atomic mass is 32.1. The average molecular weight is 308 g/mol. The molecule has 0 radical (unpaired) electrons. The Hall–Kier alpha value is -2.29. The third-order valence-electron chi connectivity index (χ3n) is 2.53. The van der Waals surface area contributed by atoms with E-state index in [2.05, 4.69) is 25.9 Å². The Balaban J connectivity index is 1.80. The summed E-state index contributed by atoms with van der Waals surface area (Å²) in [6, 6.07) is 1.58. The summed E-state index contributed by atoms with van der Waals surface area (Å²) < 4.78 is 1.52. The van der Waals surface area contributed by atoms with Crippen molar-refractivity contribution in [2.75, 3.05) is 11.9 Å². The largest absolute Gasteiger partial charge is 0.342 e. The summed E-state index contributed by atoms with van der Waals surface area (Å²) in [5.41, 5.74) is 0.270. The molecule has 2 aromatic rings. The second-order valence-corrected chi connectivity index (χ2v) is 5.42. The van der Waals surface area contributed by atoms with Crippen molar-refractivity contribution in [1.82, 2.24) is 25.3 Å². The van der Waals surface area contributed by atoms with E-state index in [-0.39, 0.29) is 18.1 Å². The first-order chi connectivity index (χ1) is 10.1. The number of nitrogens with one attached hydrogen (secondary N) is 2. The highest BCUT2D eigenvalue weighted by Gasteiger charge is 2.12. The zero-order valence-electron chi connectivity index (χ0n) is 11.8. The number of hydrogen-bond donors (Lipinski definition) is 2. The Kier molecular flexibility index (Phi) is 4.99. The fourth-order valence-corrected chi connectivity index (χ4v) is 2.43. The molecule has 0 bridgehead atoms. The summed E-state index contributed by atoms with van der Waals surface area (Å²) in [5, 5.41) is 18.2. The van der Waals surface area contributed by atoms with Crippen molar-refractivity contribution in [3.05, 3.63) is 23.0 Å². The molecule has 2 amide bonds. The van der Waals surface area contributed by atoms with Crippen LogP contribution in [-0.4, -0.2) is 38.3 Å². The van der Waals surface area contributed by atoms with Crippen LogP contribution in [0, 0.1) is 0 Å². The van der Waals surface area contributed by atoms with E-state index in [0.717, 1.165) is 17.8 Å². The lowest BCUT2D eigenvalue weighted by Crippen LogP contribution is -2.33. The number of aryl methyl sites for hydroxylation is 2. The van der Waals surface area contributed by atoms with E-state index in [9.17, 15) is 9.59 Å². The minimum absolute atomic E-state index is 0.141. The van der Waals surface area contributed by atoms with E-state index >= 15 is 0 Å². The summed E-state index contributed by atoms with van der Waals surface area (Å²) in [6.45, 7) is 1.91. The summed E-state index contributed by atoms with van der Waals surface area (Å²) >= 11 is 1.34. The van der Waals surface area contributed by atoms with Crippen molar-refractivity contribution in [1.29, 1.82) is 0 Å². The molecule has 2 rings (SSSR count). The first-order valence-electron chi connectivity index (χ1n) is 6.48. The van der Waals surface area contributed by atoms with Crippen LogP contribution in [0.4, 0.5) is 5.13 Å². The molecule has 0 aliphatic rings. The third-order valence-corrected chi connectivity index (χ3v) is 3.43. The van der Waals surface area contributed by atoms with E-state index in [0.29, 0.717) is 5.13 Å². The Bertz CT molecular complexity index is 635. The highest BCUT2D eigenvalue weighted by molar-refractivity contribution is 7.15. The van der Waals surface area contributed by atoms with Gasteiger partial charge in [-0.3, -0.25) is 19.6 Å². The van der Waals surface area contributed by atoms with Crippen LogP contribution in [0.25, 0.3) is 0 Å². The minimum atomic E-state index is -0.394. The molecule has 0 aliphatic carbocycles. The van der Waals surface area contributed by atoms with Gasteiger partial charge in [-0.25, -0.2) is 0 Å². The van der Waals surface area contributed by atoms with E-state index < -0.39 is 5.91 Å². The molecule has 2 aromatic heterocycles. The monoisotopic (exact) mass is 308 g/mol. The van der Waals surface area contributed by atoms with Crippen LogP contribution in [0.1, 0.15) is 28.8 Å². The van der Waals surface area contributed by atoms with Gasteiger partial charge in [0.15, 0.2) is 0 Å². The smallest absolute Gasteiger partial charge is 0.272 e. The van der Waals surface area contributed by atoms with E-state index in [4.69, 9.17) is 0 Å². The molecular weight excluding hydrogens is 292 g/mol. The first-order valence-corrected chi connectivity index (χ1v) is 7.30. The van der Waals surface area contributed by atoms with Crippen LogP contribution in [-0.2, 0) is 18.3 Å². The number of hydrogen-bond acceptors (Lipinski definition) is 6. The topological polar surface area (TPSA) is 102 Å². The van der Waals surface area contributed by atoms with Gasteiger partial charge >= 0.3 is 0 Å². The molecule has 0 aromatic carbocycles. The van der Waals surface area contributed by atoms with Gasteiger partial charge in [0.05, 0.1) is 6.54 Å². The lowest BCUT2D eigenvalue weighted by atomic mass is 10.4. The van der Waals surface area contributed by atoms with Gasteiger partial charge in [0.25, 0.3) is 5.91 Å². The van der Waals surface area contributed by atoms with Gasteiger partial charge in [0, 0.05) is 19.7 Å². The van der Waals surface area contributed by atoms with E-state index in [1.54, 1.807) is 19.3 Å². The van der Waals surface area contributed by atoms with Crippen LogP contribution < -0.4 is 10.6 Å². The third kappa shape index (κ3) is 4.35. The lowest BCUT2D eigenvalue weighted by Gasteiger charge is -2.02. The summed E-state index contributed by atoms with van der Waals surface area (Å²) in [5.74, 6) is -0.742. The van der Waals surface area contributed by atoms with Gasteiger partial charge in [0.1, 0.15) is 10.7 Å². The quantitative estimate of drug-likeness (QED) is 0.813. The van der Waals surface area contributed by atoms with Crippen LogP contribution >= 0.6 is 11.3 Å². The van der Waals surface area contributed by atoms with Crippen molar-refractivity contribution in [2.45, 2.75) is 19.8 Å². The lowest BCUT2D eigenvalue weighted by molar-refractivity contribution is -0.115. The summed E-state index contributed by atoms with van der Waals surface area (Å²) in [6.07, 6.45) is 3.47. The molecule has 0 saturated carbocycles. The molecule has 2 heterocycles. The van der Waals surface area contributed by atoms with Gasteiger partial charge in [-0.1, -0.05) is 18.3 Å². The molecule has 9 heteroatoms. The second-order valence-electron chi connectivity index (χ2n) is 4.36. The zero-order chi connectivity index (χ0) is 15.2. The van der Waals surface area contributed by atoms with Gasteiger partial charge in [-0.05, 0) is 12.5 Å². The standard InChI is InChI=1S/C12H16N6O2S/c1-3-4-10-15-16-12(21-10)14-9(19)7-13-11(20)8-5-6-18(2)17-8/h5-6H,3-4,7H2,1-2H3,(H,13,20)(H,14,16,19). The molecule has 0 saturated heterocycles. The fourth-order valence-electron chi connectivity index (χ4n) is 1.57. The number of carbonyl (C=O) groups excluding carboxylic acids is 2. The molecule has 112 valence electrons. The maximum Gasteiger partial charge on any atom is 0.272 e. The number of anilines is 1. The Labute approximate surface area is 125 Å². The minimum Gasteiger partial charge on any atom is -0.342 e. The molecular formula is C12H16N6O2S. The van der Waals surface area contributed by atoms with Crippen LogP contribution in [0.3, 0.4) is 0 Å². The predicted molar refractivity (Wildman–Crippen MR) is 78.1 cm³/mol. The summed E-state index contributed by atoms with van der Waals surface area (Å²) in [7, 11) is 1.72. The van der Waals surface area contributed by atoms with Crippen LogP contribution in [0.2, 0.25) is 0 Å². The Morgan fingerprint density at radius 1 is 1.38 bits per heavy atom. The molecule has 0 atom stereocenters. The number of carbonyl (C=O) groups is 2. The van der Waals surface area contributed by atoms with Gasteiger partial charge < -0.3 is 5.32 Å². The van der Waals surface area contributed by atoms with Gasteiger partial charge in [0.2, 0.25) is 11.0 Å². The van der Waals surface area contributed by atoms with Crippen molar-refractivity contribution in [3.63, 3.8) is 0 Å². The number of aromatic nitrogens is 4. The van der Waals surface area contributed by atoms with Crippen molar-refractivity contribution >= 4 is 28.3 Å². The van der Waals surface area contributed by atoms with E-state index in [1.807, 2.05) is 6.92 Å². The molecule has 2 N–H and O–H groups in total. The second kappa shape index (κ2) is 6.93. The number of nitrogens with zero attached hydrogens (tertiary/aromatic N) is 4. The molecule has 0 aliphatic heterocycles. The Morgan fingerprint density at radius 2 is 2.19 bits per heavy atom. The zero-order valence-corrected chi connectivity index (χ0v) is 12.6. The highest BCUT2D eigenvalue weighted by Crippen LogP contribution is 2.16. The van der Waals surface area contributed by atoms with Crippen molar-refractivity contribution < 1.29 is 9.59 Å².